The minimum absolute atomic E-state index is 0.108. The molecule has 6 nitrogen and oxygen atoms in total. The topological polar surface area (TPSA) is 54.3 Å². The number of aromatic nitrogens is 3. The molecule has 0 spiro atoms. The number of nitrogens with zero attached hydrogens (tertiary/aromatic N) is 5. The van der Waals surface area contributed by atoms with Crippen molar-refractivity contribution in [3.8, 4) is 11.3 Å². The van der Waals surface area contributed by atoms with Gasteiger partial charge in [-0.05, 0) is 36.2 Å². The molecule has 0 N–H and O–H groups in total. The van der Waals surface area contributed by atoms with E-state index in [-0.39, 0.29) is 5.91 Å². The number of carbonyl (C=O) groups is 1. The molecule has 1 aliphatic rings. The summed E-state index contributed by atoms with van der Waals surface area (Å²) in [5.41, 5.74) is 3.92. The van der Waals surface area contributed by atoms with Crippen molar-refractivity contribution in [2.24, 2.45) is 7.05 Å². The van der Waals surface area contributed by atoms with Crippen molar-refractivity contribution in [3.63, 3.8) is 0 Å². The van der Waals surface area contributed by atoms with Gasteiger partial charge >= 0.3 is 0 Å². The molecule has 0 saturated carbocycles. The van der Waals surface area contributed by atoms with Crippen LogP contribution in [0.3, 0.4) is 0 Å². The monoisotopic (exact) mass is 375 g/mol. The zero-order valence-electron chi connectivity index (χ0n) is 16.2. The Morgan fingerprint density at radius 3 is 2.61 bits per heavy atom. The van der Waals surface area contributed by atoms with Crippen molar-refractivity contribution in [2.75, 3.05) is 26.2 Å². The van der Waals surface area contributed by atoms with Gasteiger partial charge in [-0.15, -0.1) is 0 Å². The lowest BCUT2D eigenvalue weighted by atomic mass is 10.1. The Kier molecular flexibility index (Phi) is 5.48. The first-order chi connectivity index (χ1) is 13.7. The molecule has 3 heterocycles. The maximum atomic E-state index is 13.0. The fourth-order valence-corrected chi connectivity index (χ4v) is 3.65. The highest BCUT2D eigenvalue weighted by Crippen LogP contribution is 2.19. The molecule has 0 atom stereocenters. The molecule has 28 heavy (non-hydrogen) atoms. The fourth-order valence-electron chi connectivity index (χ4n) is 3.65. The lowest BCUT2D eigenvalue weighted by Crippen LogP contribution is -2.35. The summed E-state index contributed by atoms with van der Waals surface area (Å²) in [5.74, 6) is 0.108. The first-order valence-electron chi connectivity index (χ1n) is 9.69. The van der Waals surface area contributed by atoms with Gasteiger partial charge in [-0.2, -0.15) is 0 Å². The lowest BCUT2D eigenvalue weighted by Gasteiger charge is -2.22. The van der Waals surface area contributed by atoms with Gasteiger partial charge in [0.25, 0.3) is 5.91 Å². The smallest absolute Gasteiger partial charge is 0.253 e. The fraction of sp³-hybridized carbons (Fsp3) is 0.318. The van der Waals surface area contributed by atoms with E-state index in [4.69, 9.17) is 0 Å². The van der Waals surface area contributed by atoms with Crippen LogP contribution in [0.4, 0.5) is 0 Å². The second-order valence-electron chi connectivity index (χ2n) is 7.21. The average molecular weight is 375 g/mol. The van der Waals surface area contributed by atoms with Crippen LogP contribution in [0.15, 0.2) is 61.2 Å². The van der Waals surface area contributed by atoms with E-state index >= 15 is 0 Å². The van der Waals surface area contributed by atoms with Gasteiger partial charge in [0.05, 0.1) is 23.9 Å². The van der Waals surface area contributed by atoms with Gasteiger partial charge in [0.2, 0.25) is 0 Å². The van der Waals surface area contributed by atoms with Crippen molar-refractivity contribution in [1.82, 2.24) is 24.3 Å². The van der Waals surface area contributed by atoms with E-state index in [1.54, 1.807) is 6.33 Å². The van der Waals surface area contributed by atoms with Crippen LogP contribution in [0.1, 0.15) is 22.5 Å². The Bertz CT molecular complexity index is 920. The number of hydrogen-bond donors (Lipinski definition) is 0. The molecule has 3 aromatic rings. The number of amides is 1. The number of pyridine rings is 1. The molecule has 0 radical (unpaired) electrons. The molecule has 1 saturated heterocycles. The van der Waals surface area contributed by atoms with Gasteiger partial charge < -0.3 is 9.47 Å². The highest BCUT2D eigenvalue weighted by atomic mass is 16.2. The van der Waals surface area contributed by atoms with Crippen molar-refractivity contribution < 1.29 is 4.79 Å². The van der Waals surface area contributed by atoms with Crippen LogP contribution >= 0.6 is 0 Å². The molecule has 6 heteroatoms. The summed E-state index contributed by atoms with van der Waals surface area (Å²) in [7, 11) is 1.97. The highest BCUT2D eigenvalue weighted by Gasteiger charge is 2.20. The summed E-state index contributed by atoms with van der Waals surface area (Å²) in [4.78, 5) is 25.9. The Morgan fingerprint density at radius 1 is 1.04 bits per heavy atom. The zero-order chi connectivity index (χ0) is 19.3. The Hall–Kier alpha value is -2.99. The molecule has 1 fully saturated rings. The van der Waals surface area contributed by atoms with E-state index in [1.807, 2.05) is 65.3 Å². The SMILES string of the molecule is Cn1cncc1-c1ccc(C(=O)N2CCCN(Cc3ccccn3)CC2)cc1. The van der Waals surface area contributed by atoms with Crippen LogP contribution in [0.5, 0.6) is 0 Å². The molecule has 1 aromatic carbocycles. The molecule has 2 aromatic heterocycles. The molecular formula is C22H25N5O. The van der Waals surface area contributed by atoms with Crippen LogP contribution < -0.4 is 0 Å². The molecule has 4 rings (SSSR count). The molecule has 144 valence electrons. The predicted octanol–water partition coefficient (Wildman–Crippen LogP) is 2.83. The van der Waals surface area contributed by atoms with Crippen molar-refractivity contribution in [3.05, 3.63) is 72.4 Å². The first-order valence-corrected chi connectivity index (χ1v) is 9.69. The van der Waals surface area contributed by atoms with Crippen LogP contribution in [-0.4, -0.2) is 56.4 Å². The summed E-state index contributed by atoms with van der Waals surface area (Å²) < 4.78 is 1.97. The van der Waals surface area contributed by atoms with Gasteiger partial charge in [-0.1, -0.05) is 18.2 Å². The van der Waals surface area contributed by atoms with Gasteiger partial charge in [0, 0.05) is 51.5 Å². The van der Waals surface area contributed by atoms with E-state index in [1.165, 1.54) is 0 Å². The Balaban J connectivity index is 1.39. The molecule has 0 unspecified atom stereocenters. The maximum Gasteiger partial charge on any atom is 0.253 e. The maximum absolute atomic E-state index is 13.0. The third-order valence-electron chi connectivity index (χ3n) is 5.23. The molecular weight excluding hydrogens is 350 g/mol. The summed E-state index contributed by atoms with van der Waals surface area (Å²) in [6.07, 6.45) is 6.42. The molecule has 0 aliphatic carbocycles. The Morgan fingerprint density at radius 2 is 1.89 bits per heavy atom. The van der Waals surface area contributed by atoms with E-state index in [0.717, 1.165) is 61.7 Å². The van der Waals surface area contributed by atoms with Crippen molar-refractivity contribution in [1.29, 1.82) is 0 Å². The van der Waals surface area contributed by atoms with Gasteiger partial charge in [0.15, 0.2) is 0 Å². The van der Waals surface area contributed by atoms with Gasteiger partial charge in [-0.3, -0.25) is 14.7 Å². The lowest BCUT2D eigenvalue weighted by molar-refractivity contribution is 0.0761. The van der Waals surface area contributed by atoms with Crippen LogP contribution in [0.25, 0.3) is 11.3 Å². The van der Waals surface area contributed by atoms with Crippen molar-refractivity contribution >= 4 is 5.91 Å². The molecule has 0 bridgehead atoms. The van der Waals surface area contributed by atoms with Crippen LogP contribution in [-0.2, 0) is 13.6 Å². The second kappa shape index (κ2) is 8.35. The van der Waals surface area contributed by atoms with E-state index in [0.29, 0.717) is 0 Å². The number of carbonyl (C=O) groups excluding carboxylic acids is 1. The minimum atomic E-state index is 0.108. The van der Waals surface area contributed by atoms with Crippen LogP contribution in [0, 0.1) is 0 Å². The molecule has 1 amide bonds. The van der Waals surface area contributed by atoms with Crippen LogP contribution in [0.2, 0.25) is 0 Å². The number of imidazole rings is 1. The van der Waals surface area contributed by atoms with E-state index in [9.17, 15) is 4.79 Å². The standard InChI is InChI=1S/C22H25N5O/c1-25-17-23-15-21(25)18-6-8-19(9-7-18)22(28)27-12-4-11-26(13-14-27)16-20-5-2-3-10-24-20/h2-3,5-10,15,17H,4,11-14,16H2,1H3. The predicted molar refractivity (Wildman–Crippen MR) is 109 cm³/mol. The Labute approximate surface area is 165 Å². The third kappa shape index (κ3) is 4.12. The van der Waals surface area contributed by atoms with Crippen molar-refractivity contribution in [2.45, 2.75) is 13.0 Å². The minimum Gasteiger partial charge on any atom is -0.337 e. The third-order valence-corrected chi connectivity index (χ3v) is 5.23. The van der Waals surface area contributed by atoms with Gasteiger partial charge in [-0.25, -0.2) is 4.98 Å². The average Bonchev–Trinajstić information content (AvgIpc) is 3.02. The summed E-state index contributed by atoms with van der Waals surface area (Å²) in [6, 6.07) is 13.8. The largest absolute Gasteiger partial charge is 0.337 e. The number of hydrogen-bond acceptors (Lipinski definition) is 4. The summed E-state index contributed by atoms with van der Waals surface area (Å²) in [5, 5.41) is 0. The number of rotatable bonds is 4. The molecule has 1 aliphatic heterocycles. The normalized spacial score (nSPS) is 15.4. The summed E-state index contributed by atoms with van der Waals surface area (Å²) >= 11 is 0. The van der Waals surface area contributed by atoms with Gasteiger partial charge in [0.1, 0.15) is 0 Å². The second-order valence-corrected chi connectivity index (χ2v) is 7.21. The van der Waals surface area contributed by atoms with E-state index in [2.05, 4.69) is 20.9 Å². The highest BCUT2D eigenvalue weighted by molar-refractivity contribution is 5.94. The number of aryl methyl sites for hydroxylation is 1. The zero-order valence-corrected chi connectivity index (χ0v) is 16.2. The number of benzene rings is 1. The summed E-state index contributed by atoms with van der Waals surface area (Å²) in [6.45, 7) is 4.23. The first kappa shape index (κ1) is 18.4. The van der Waals surface area contributed by atoms with E-state index < -0.39 is 0 Å². The quantitative estimate of drug-likeness (QED) is 0.704.